The van der Waals surface area contributed by atoms with Crippen molar-refractivity contribution in [2.45, 2.75) is 26.9 Å². The van der Waals surface area contributed by atoms with Crippen molar-refractivity contribution in [1.29, 1.82) is 0 Å². The number of imide groups is 1. The second-order valence-corrected chi connectivity index (χ2v) is 9.60. The number of hydrogen-bond donors (Lipinski definition) is 2. The van der Waals surface area contributed by atoms with Crippen LogP contribution in [0.25, 0.3) is 6.08 Å². The molecule has 0 aliphatic carbocycles. The molecule has 0 atom stereocenters. The van der Waals surface area contributed by atoms with E-state index in [9.17, 15) is 14.4 Å². The molecule has 1 aliphatic heterocycles. The van der Waals surface area contributed by atoms with Gasteiger partial charge in [-0.2, -0.15) is 0 Å². The second kappa shape index (κ2) is 12.0. The average molecular weight is 578 g/mol. The van der Waals surface area contributed by atoms with E-state index in [-0.39, 0.29) is 5.70 Å². The van der Waals surface area contributed by atoms with Gasteiger partial charge in [-0.3, -0.25) is 9.59 Å². The molecule has 1 aliphatic rings. The van der Waals surface area contributed by atoms with Crippen LogP contribution in [0.4, 0.5) is 10.5 Å². The number of rotatable bonds is 9. The summed E-state index contributed by atoms with van der Waals surface area (Å²) in [7, 11) is 1.52. The van der Waals surface area contributed by atoms with E-state index in [0.717, 1.165) is 22.4 Å². The van der Waals surface area contributed by atoms with Crippen molar-refractivity contribution in [2.24, 2.45) is 0 Å². The lowest BCUT2D eigenvalue weighted by Crippen LogP contribution is -2.38. The van der Waals surface area contributed by atoms with Crippen molar-refractivity contribution < 1.29 is 23.9 Å². The zero-order chi connectivity index (χ0) is 27.2. The van der Waals surface area contributed by atoms with Gasteiger partial charge >= 0.3 is 6.03 Å². The maximum Gasteiger partial charge on any atom is 0.329 e. The summed E-state index contributed by atoms with van der Waals surface area (Å²) >= 11 is 3.52. The summed E-state index contributed by atoms with van der Waals surface area (Å²) in [6.45, 7) is 3.95. The van der Waals surface area contributed by atoms with Gasteiger partial charge in [0.05, 0.1) is 11.6 Å². The van der Waals surface area contributed by atoms with Gasteiger partial charge in [0.2, 0.25) is 5.91 Å². The lowest BCUT2D eigenvalue weighted by atomic mass is 10.1. The summed E-state index contributed by atoms with van der Waals surface area (Å²) in [6.07, 6.45) is 2.27. The Kier molecular flexibility index (Phi) is 8.48. The topological polar surface area (TPSA) is 97.0 Å². The van der Waals surface area contributed by atoms with E-state index in [1.54, 1.807) is 18.2 Å². The van der Waals surface area contributed by atoms with E-state index in [2.05, 4.69) is 26.6 Å². The van der Waals surface area contributed by atoms with Gasteiger partial charge in [-0.15, -0.1) is 0 Å². The molecule has 3 aromatic rings. The molecule has 0 aromatic heterocycles. The van der Waals surface area contributed by atoms with Crippen LogP contribution in [0.5, 0.6) is 11.5 Å². The second-order valence-electron chi connectivity index (χ2n) is 8.75. The number of aryl methyl sites for hydroxylation is 2. The molecule has 9 heteroatoms. The molecule has 0 bridgehead atoms. The summed E-state index contributed by atoms with van der Waals surface area (Å²) in [5.41, 5.74) is 4.45. The predicted octanol–water partition coefficient (Wildman–Crippen LogP) is 5.44. The number of carbonyl (C=O) groups excluding carboxylic acids is 3. The number of halogens is 1. The highest BCUT2D eigenvalue weighted by atomic mass is 79.9. The molecule has 0 unspecified atom stereocenters. The maximum absolute atomic E-state index is 12.9. The molecule has 0 saturated carbocycles. The molecule has 1 fully saturated rings. The van der Waals surface area contributed by atoms with Gasteiger partial charge in [-0.1, -0.05) is 55.0 Å². The zero-order valence-corrected chi connectivity index (χ0v) is 22.9. The lowest BCUT2D eigenvalue weighted by Gasteiger charge is -2.14. The third-order valence-electron chi connectivity index (χ3n) is 6.00. The van der Waals surface area contributed by atoms with Gasteiger partial charge in [0.25, 0.3) is 5.91 Å². The Morgan fingerprint density at radius 3 is 2.55 bits per heavy atom. The minimum Gasteiger partial charge on any atom is -0.493 e. The number of ether oxygens (including phenoxy) is 2. The first-order valence-electron chi connectivity index (χ1n) is 12.1. The van der Waals surface area contributed by atoms with Crippen LogP contribution in [-0.2, 0) is 22.6 Å². The molecule has 1 saturated heterocycles. The van der Waals surface area contributed by atoms with Gasteiger partial charge in [-0.05, 0) is 70.2 Å². The number of carbonyl (C=O) groups is 3. The van der Waals surface area contributed by atoms with Crippen LogP contribution >= 0.6 is 15.9 Å². The van der Waals surface area contributed by atoms with Crippen LogP contribution in [0.15, 0.2) is 70.8 Å². The number of hydrogen-bond acceptors (Lipinski definition) is 5. The highest BCUT2D eigenvalue weighted by Crippen LogP contribution is 2.38. The van der Waals surface area contributed by atoms with Crippen molar-refractivity contribution in [3.8, 4) is 11.5 Å². The normalized spacial score (nSPS) is 14.0. The molecule has 1 heterocycles. The molecule has 2 N–H and O–H groups in total. The molecule has 8 nitrogen and oxygen atoms in total. The molecular weight excluding hydrogens is 550 g/mol. The number of anilines is 1. The predicted molar refractivity (Wildman–Crippen MR) is 149 cm³/mol. The molecule has 4 amide bonds. The van der Waals surface area contributed by atoms with Gasteiger partial charge < -0.3 is 20.1 Å². The highest BCUT2D eigenvalue weighted by molar-refractivity contribution is 9.10. The van der Waals surface area contributed by atoms with E-state index < -0.39 is 24.4 Å². The maximum atomic E-state index is 12.9. The molecule has 196 valence electrons. The van der Waals surface area contributed by atoms with Crippen molar-refractivity contribution >= 4 is 45.5 Å². The standard InChI is InChI=1S/C29H28BrN3O5/c1-4-21-7-5-6-8-23(21)31-26(34)16-33-28(35)24(32-29(33)36)14-20-13-22(30)27(25(15-20)37-3)38-17-19-11-9-18(2)10-12-19/h5-15H,4,16-17H2,1-3H3,(H,31,34)(H,32,36)/b24-14+. The molecule has 3 aromatic carbocycles. The van der Waals surface area contributed by atoms with Crippen LogP contribution in [0.1, 0.15) is 29.2 Å². The van der Waals surface area contributed by atoms with Crippen molar-refractivity contribution in [3.05, 3.63) is 93.1 Å². The summed E-state index contributed by atoms with van der Waals surface area (Å²) in [4.78, 5) is 38.9. The van der Waals surface area contributed by atoms with E-state index >= 15 is 0 Å². The lowest BCUT2D eigenvalue weighted by molar-refractivity contribution is -0.127. The minimum atomic E-state index is -0.663. The first-order chi connectivity index (χ1) is 18.3. The Labute approximate surface area is 229 Å². The van der Waals surface area contributed by atoms with Crippen molar-refractivity contribution in [3.63, 3.8) is 0 Å². The number of nitrogens with zero attached hydrogens (tertiary/aromatic N) is 1. The molecule has 0 radical (unpaired) electrons. The van der Waals surface area contributed by atoms with Crippen LogP contribution in [0.3, 0.4) is 0 Å². The molecule has 38 heavy (non-hydrogen) atoms. The fraction of sp³-hybridized carbons (Fsp3) is 0.207. The van der Waals surface area contributed by atoms with Gasteiger partial charge in [0, 0.05) is 5.69 Å². The Balaban J connectivity index is 1.47. The van der Waals surface area contributed by atoms with Crippen molar-refractivity contribution in [1.82, 2.24) is 10.2 Å². The van der Waals surface area contributed by atoms with E-state index in [4.69, 9.17) is 9.47 Å². The Bertz CT molecular complexity index is 1400. The summed E-state index contributed by atoms with van der Waals surface area (Å²) in [5, 5.41) is 5.33. The number of methoxy groups -OCH3 is 1. The first kappa shape index (κ1) is 26.9. The number of nitrogens with one attached hydrogen (secondary N) is 2. The number of benzene rings is 3. The quantitative estimate of drug-likeness (QED) is 0.261. The summed E-state index contributed by atoms with van der Waals surface area (Å²) in [6, 6.07) is 18.2. The Morgan fingerprint density at radius 1 is 1.11 bits per heavy atom. The first-order valence-corrected chi connectivity index (χ1v) is 12.9. The zero-order valence-electron chi connectivity index (χ0n) is 21.3. The molecule has 4 rings (SSSR count). The van der Waals surface area contributed by atoms with Crippen LogP contribution in [0, 0.1) is 6.92 Å². The fourth-order valence-corrected chi connectivity index (χ4v) is 4.54. The minimum absolute atomic E-state index is 0.0547. The Morgan fingerprint density at radius 2 is 1.84 bits per heavy atom. The van der Waals surface area contributed by atoms with Crippen LogP contribution < -0.4 is 20.1 Å². The number of urea groups is 1. The van der Waals surface area contributed by atoms with Gasteiger partial charge in [-0.25, -0.2) is 9.69 Å². The third kappa shape index (κ3) is 6.23. The van der Waals surface area contributed by atoms with Gasteiger partial charge in [0.1, 0.15) is 18.8 Å². The molecular formula is C29H28BrN3O5. The largest absolute Gasteiger partial charge is 0.493 e. The van der Waals surface area contributed by atoms with Crippen molar-refractivity contribution in [2.75, 3.05) is 19.0 Å². The Hall–Kier alpha value is -4.11. The SMILES string of the molecule is CCc1ccccc1NC(=O)CN1C(=O)N/C(=C/c2cc(Br)c(OCc3ccc(C)cc3)c(OC)c2)C1=O. The summed E-state index contributed by atoms with van der Waals surface area (Å²) < 4.78 is 12.1. The highest BCUT2D eigenvalue weighted by Gasteiger charge is 2.35. The number of para-hydroxylation sites is 1. The number of amides is 4. The average Bonchev–Trinajstić information content (AvgIpc) is 3.16. The summed E-state index contributed by atoms with van der Waals surface area (Å²) in [5.74, 6) is -0.0811. The molecule has 0 spiro atoms. The van der Waals surface area contributed by atoms with Crippen LogP contribution in [-0.4, -0.2) is 36.4 Å². The fourth-order valence-electron chi connectivity index (χ4n) is 3.97. The van der Waals surface area contributed by atoms with E-state index in [0.29, 0.717) is 33.8 Å². The monoisotopic (exact) mass is 577 g/mol. The van der Waals surface area contributed by atoms with Crippen LogP contribution in [0.2, 0.25) is 0 Å². The van der Waals surface area contributed by atoms with Gasteiger partial charge in [0.15, 0.2) is 11.5 Å². The van der Waals surface area contributed by atoms with E-state index in [1.807, 2.05) is 56.3 Å². The third-order valence-corrected chi connectivity index (χ3v) is 6.59. The van der Waals surface area contributed by atoms with E-state index in [1.165, 1.54) is 18.7 Å². The smallest absolute Gasteiger partial charge is 0.329 e.